The zero-order valence-electron chi connectivity index (χ0n) is 14.6. The van der Waals surface area contributed by atoms with E-state index >= 15 is 0 Å². The summed E-state index contributed by atoms with van der Waals surface area (Å²) in [5.41, 5.74) is 2.66. The van der Waals surface area contributed by atoms with Crippen molar-refractivity contribution in [3.63, 3.8) is 0 Å². The first-order valence-corrected chi connectivity index (χ1v) is 8.73. The molecule has 3 heteroatoms. The first-order chi connectivity index (χ1) is 11.1. The maximum atomic E-state index is 11.5. The van der Waals surface area contributed by atoms with Crippen LogP contribution in [0.3, 0.4) is 0 Å². The van der Waals surface area contributed by atoms with Crippen molar-refractivity contribution in [2.24, 2.45) is 5.92 Å². The topological polar surface area (TPSA) is 38.3 Å². The van der Waals surface area contributed by atoms with Crippen LogP contribution in [-0.4, -0.2) is 19.1 Å². The zero-order chi connectivity index (χ0) is 16.7. The number of carbonyl (C=O) groups excluding carboxylic acids is 1. The molecule has 0 bridgehead atoms. The molecule has 1 saturated carbocycles. The Morgan fingerprint density at radius 1 is 1.39 bits per heavy atom. The van der Waals surface area contributed by atoms with Crippen LogP contribution >= 0.6 is 0 Å². The summed E-state index contributed by atoms with van der Waals surface area (Å²) in [4.78, 5) is 11.5. The molecule has 0 saturated heterocycles. The SMILES string of the molecule is CCCC(=O)NCC1CC1c1cccc(OCCC=C(C)C)c1. The van der Waals surface area contributed by atoms with Gasteiger partial charge >= 0.3 is 0 Å². The largest absolute Gasteiger partial charge is 0.493 e. The van der Waals surface area contributed by atoms with E-state index < -0.39 is 0 Å². The van der Waals surface area contributed by atoms with Crippen LogP contribution in [0.5, 0.6) is 5.75 Å². The smallest absolute Gasteiger partial charge is 0.219 e. The van der Waals surface area contributed by atoms with Crippen molar-refractivity contribution < 1.29 is 9.53 Å². The van der Waals surface area contributed by atoms with Gasteiger partial charge in [-0.15, -0.1) is 0 Å². The zero-order valence-corrected chi connectivity index (χ0v) is 14.6. The highest BCUT2D eigenvalue weighted by Crippen LogP contribution is 2.47. The number of amides is 1. The molecular weight excluding hydrogens is 286 g/mol. The van der Waals surface area contributed by atoms with Crippen molar-refractivity contribution in [2.75, 3.05) is 13.2 Å². The first kappa shape index (κ1) is 17.6. The molecule has 126 valence electrons. The number of hydrogen-bond acceptors (Lipinski definition) is 2. The van der Waals surface area contributed by atoms with E-state index in [2.05, 4.69) is 43.4 Å². The molecule has 1 aliphatic rings. The van der Waals surface area contributed by atoms with E-state index in [4.69, 9.17) is 4.74 Å². The van der Waals surface area contributed by atoms with Gasteiger partial charge in [0.05, 0.1) is 6.61 Å². The Balaban J connectivity index is 1.77. The van der Waals surface area contributed by atoms with Crippen molar-refractivity contribution in [3.8, 4) is 5.75 Å². The molecule has 1 aliphatic carbocycles. The fourth-order valence-electron chi connectivity index (χ4n) is 2.80. The lowest BCUT2D eigenvalue weighted by atomic mass is 10.1. The predicted molar refractivity (Wildman–Crippen MR) is 94.8 cm³/mol. The van der Waals surface area contributed by atoms with Gasteiger partial charge < -0.3 is 10.1 Å². The van der Waals surface area contributed by atoms with E-state index in [1.54, 1.807) is 0 Å². The maximum Gasteiger partial charge on any atom is 0.219 e. The molecule has 2 rings (SSSR count). The Morgan fingerprint density at radius 2 is 2.22 bits per heavy atom. The summed E-state index contributed by atoms with van der Waals surface area (Å²) in [6, 6.07) is 8.41. The fraction of sp³-hybridized carbons (Fsp3) is 0.550. The normalized spacial score (nSPS) is 19.1. The monoisotopic (exact) mass is 315 g/mol. The van der Waals surface area contributed by atoms with Crippen LogP contribution < -0.4 is 10.1 Å². The molecule has 3 nitrogen and oxygen atoms in total. The molecular formula is C20H29NO2. The minimum absolute atomic E-state index is 0.175. The highest BCUT2D eigenvalue weighted by Gasteiger charge is 2.38. The van der Waals surface area contributed by atoms with Crippen LogP contribution in [0.15, 0.2) is 35.9 Å². The number of ether oxygens (including phenoxy) is 1. The Kier molecular flexibility index (Phi) is 6.69. The van der Waals surface area contributed by atoms with Gasteiger partial charge in [0.25, 0.3) is 0 Å². The number of benzene rings is 1. The third-order valence-corrected chi connectivity index (χ3v) is 4.19. The van der Waals surface area contributed by atoms with E-state index in [-0.39, 0.29) is 5.91 Å². The average molecular weight is 315 g/mol. The Hall–Kier alpha value is -1.77. The Bertz CT molecular complexity index is 546. The molecule has 0 aromatic heterocycles. The molecule has 2 atom stereocenters. The predicted octanol–water partition coefficient (Wildman–Crippen LogP) is 4.44. The molecule has 23 heavy (non-hydrogen) atoms. The van der Waals surface area contributed by atoms with Crippen LogP contribution in [0, 0.1) is 5.92 Å². The minimum atomic E-state index is 0.175. The number of nitrogens with one attached hydrogen (secondary N) is 1. The molecule has 0 radical (unpaired) electrons. The van der Waals surface area contributed by atoms with Gasteiger partial charge in [-0.05, 0) is 62.6 Å². The van der Waals surface area contributed by atoms with Crippen LogP contribution in [0.2, 0.25) is 0 Å². The molecule has 1 aromatic rings. The number of carbonyl (C=O) groups is 1. The summed E-state index contributed by atoms with van der Waals surface area (Å²) in [5.74, 6) is 2.27. The molecule has 2 unspecified atom stereocenters. The van der Waals surface area contributed by atoms with Gasteiger partial charge in [0.2, 0.25) is 5.91 Å². The summed E-state index contributed by atoms with van der Waals surface area (Å²) < 4.78 is 5.83. The van der Waals surface area contributed by atoms with Gasteiger partial charge in [0.15, 0.2) is 0 Å². The highest BCUT2D eigenvalue weighted by atomic mass is 16.5. The summed E-state index contributed by atoms with van der Waals surface area (Å²) >= 11 is 0. The van der Waals surface area contributed by atoms with E-state index in [1.165, 1.54) is 11.1 Å². The summed E-state index contributed by atoms with van der Waals surface area (Å²) in [5, 5.41) is 3.04. The van der Waals surface area contributed by atoms with Gasteiger partial charge in [-0.2, -0.15) is 0 Å². The lowest BCUT2D eigenvalue weighted by Crippen LogP contribution is -2.25. The highest BCUT2D eigenvalue weighted by molar-refractivity contribution is 5.75. The molecule has 0 spiro atoms. The lowest BCUT2D eigenvalue weighted by Gasteiger charge is -2.08. The van der Waals surface area contributed by atoms with Crippen LogP contribution in [0.1, 0.15) is 57.9 Å². The number of rotatable bonds is 9. The van der Waals surface area contributed by atoms with Crippen molar-refractivity contribution in [2.45, 2.75) is 52.4 Å². The van der Waals surface area contributed by atoms with Gasteiger partial charge in [-0.25, -0.2) is 0 Å². The van der Waals surface area contributed by atoms with Crippen LogP contribution in [-0.2, 0) is 4.79 Å². The van der Waals surface area contributed by atoms with Crippen molar-refractivity contribution >= 4 is 5.91 Å². The van der Waals surface area contributed by atoms with Crippen molar-refractivity contribution in [1.82, 2.24) is 5.32 Å². The molecule has 1 aromatic carbocycles. The van der Waals surface area contributed by atoms with E-state index in [9.17, 15) is 4.79 Å². The quantitative estimate of drug-likeness (QED) is 0.540. The van der Waals surface area contributed by atoms with Crippen molar-refractivity contribution in [1.29, 1.82) is 0 Å². The lowest BCUT2D eigenvalue weighted by molar-refractivity contribution is -0.121. The van der Waals surface area contributed by atoms with E-state index in [0.717, 1.165) is 38.2 Å². The fourth-order valence-corrected chi connectivity index (χ4v) is 2.80. The third kappa shape index (κ3) is 6.09. The van der Waals surface area contributed by atoms with E-state index in [0.29, 0.717) is 18.3 Å². The Morgan fingerprint density at radius 3 is 2.96 bits per heavy atom. The second-order valence-electron chi connectivity index (χ2n) is 6.65. The maximum absolute atomic E-state index is 11.5. The molecule has 1 fully saturated rings. The second-order valence-corrected chi connectivity index (χ2v) is 6.65. The third-order valence-electron chi connectivity index (χ3n) is 4.19. The summed E-state index contributed by atoms with van der Waals surface area (Å²) in [7, 11) is 0. The van der Waals surface area contributed by atoms with Gasteiger partial charge in [0, 0.05) is 13.0 Å². The standard InChI is InChI=1S/C20H29NO2/c1-4-7-20(22)21-14-17-13-19(17)16-9-5-10-18(12-16)23-11-6-8-15(2)3/h5,8-10,12,17,19H,4,6-7,11,13-14H2,1-3H3,(H,21,22). The average Bonchev–Trinajstić information content (AvgIpc) is 3.30. The van der Waals surface area contributed by atoms with Crippen LogP contribution in [0.25, 0.3) is 0 Å². The van der Waals surface area contributed by atoms with E-state index in [1.807, 2.05) is 13.0 Å². The molecule has 1 amide bonds. The van der Waals surface area contributed by atoms with Crippen molar-refractivity contribution in [3.05, 3.63) is 41.5 Å². The van der Waals surface area contributed by atoms with Gasteiger partial charge in [-0.3, -0.25) is 4.79 Å². The second kappa shape index (κ2) is 8.76. The minimum Gasteiger partial charge on any atom is -0.493 e. The van der Waals surface area contributed by atoms with Gasteiger partial charge in [0.1, 0.15) is 5.75 Å². The number of allylic oxidation sites excluding steroid dienone is 1. The number of hydrogen-bond donors (Lipinski definition) is 1. The summed E-state index contributed by atoms with van der Waals surface area (Å²) in [6.45, 7) is 7.76. The molecule has 0 aliphatic heterocycles. The Labute approximate surface area is 140 Å². The van der Waals surface area contributed by atoms with Gasteiger partial charge in [-0.1, -0.05) is 30.7 Å². The molecule has 0 heterocycles. The summed E-state index contributed by atoms with van der Waals surface area (Å²) in [6.07, 6.45) is 5.84. The first-order valence-electron chi connectivity index (χ1n) is 8.73. The van der Waals surface area contributed by atoms with Crippen LogP contribution in [0.4, 0.5) is 0 Å². The molecule has 1 N–H and O–H groups in total.